The minimum absolute atomic E-state index is 0.0307. The second-order valence-corrected chi connectivity index (χ2v) is 9.82. The van der Waals surface area contributed by atoms with Crippen LogP contribution < -0.4 is 4.90 Å². The number of fused-ring (bicyclic) bond motifs is 2. The van der Waals surface area contributed by atoms with E-state index < -0.39 is 0 Å². The summed E-state index contributed by atoms with van der Waals surface area (Å²) >= 11 is 7.67. The van der Waals surface area contributed by atoms with Crippen molar-refractivity contribution in [2.75, 3.05) is 45.7 Å². The minimum atomic E-state index is -0.365. The van der Waals surface area contributed by atoms with Crippen LogP contribution >= 0.6 is 22.9 Å². The predicted octanol–water partition coefficient (Wildman–Crippen LogP) is 2.73. The average Bonchev–Trinajstić information content (AvgIpc) is 3.46. The summed E-state index contributed by atoms with van der Waals surface area (Å²) in [6.07, 6.45) is 0.736. The van der Waals surface area contributed by atoms with Crippen LogP contribution in [-0.2, 0) is 32.6 Å². The lowest BCUT2D eigenvalue weighted by Gasteiger charge is -2.25. The highest BCUT2D eigenvalue weighted by Crippen LogP contribution is 2.47. The molecule has 3 amide bonds. The van der Waals surface area contributed by atoms with Crippen molar-refractivity contribution in [3.63, 3.8) is 0 Å². The van der Waals surface area contributed by atoms with Gasteiger partial charge in [0.25, 0.3) is 0 Å². The van der Waals surface area contributed by atoms with Crippen LogP contribution in [0.25, 0.3) is 0 Å². The maximum Gasteiger partial charge on any atom is 0.409 e. The number of rotatable bonds is 4. The van der Waals surface area contributed by atoms with Gasteiger partial charge in [-0.1, -0.05) is 11.6 Å². The third-order valence-corrected chi connectivity index (χ3v) is 7.23. The third-order valence-electron chi connectivity index (χ3n) is 6.10. The Bertz CT molecular complexity index is 1070. The summed E-state index contributed by atoms with van der Waals surface area (Å²) in [5.74, 6) is -0.0985. The van der Waals surface area contributed by atoms with Crippen molar-refractivity contribution < 1.29 is 19.1 Å². The standard InChI is InChI=1S/C22H25ClN4O4S/c1-25(2)19(28)9-15-11-32-18(24-15)10-20(29)27-13-22(6-7-26(12-22)21(30)31-3)16-8-14(23)4-5-17(16)27/h4-5,8,11H,6-7,9-10,12-13H2,1-3H3. The van der Waals surface area contributed by atoms with Gasteiger partial charge < -0.3 is 19.4 Å². The number of methoxy groups -OCH3 is 1. The molecule has 3 heterocycles. The lowest BCUT2D eigenvalue weighted by molar-refractivity contribution is -0.128. The number of hydrogen-bond acceptors (Lipinski definition) is 6. The van der Waals surface area contributed by atoms with Crippen LogP contribution in [0.15, 0.2) is 23.6 Å². The van der Waals surface area contributed by atoms with Gasteiger partial charge in [0.2, 0.25) is 11.8 Å². The molecular formula is C22H25ClN4O4S. The highest BCUT2D eigenvalue weighted by molar-refractivity contribution is 7.09. The summed E-state index contributed by atoms with van der Waals surface area (Å²) in [4.78, 5) is 46.7. The van der Waals surface area contributed by atoms with Crippen LogP contribution in [0, 0.1) is 0 Å². The number of carbonyl (C=O) groups is 3. The van der Waals surface area contributed by atoms with Gasteiger partial charge in [0.05, 0.1) is 25.6 Å². The number of amides is 3. The molecule has 0 bridgehead atoms. The molecule has 8 nitrogen and oxygen atoms in total. The van der Waals surface area contributed by atoms with Crippen molar-refractivity contribution in [2.24, 2.45) is 0 Å². The Labute approximate surface area is 195 Å². The van der Waals surface area contributed by atoms with Crippen molar-refractivity contribution >= 4 is 46.5 Å². The second kappa shape index (κ2) is 8.71. The topological polar surface area (TPSA) is 83.0 Å². The van der Waals surface area contributed by atoms with Crippen molar-refractivity contribution in [3.8, 4) is 0 Å². The summed E-state index contributed by atoms with van der Waals surface area (Å²) in [7, 11) is 4.78. The number of likely N-dealkylation sites (tertiary alicyclic amines) is 1. The minimum Gasteiger partial charge on any atom is -0.453 e. The number of halogens is 1. The fourth-order valence-electron chi connectivity index (χ4n) is 4.42. The molecule has 2 aliphatic rings. The molecule has 1 saturated heterocycles. The largest absolute Gasteiger partial charge is 0.453 e. The van der Waals surface area contributed by atoms with E-state index in [9.17, 15) is 14.4 Å². The molecule has 0 radical (unpaired) electrons. The average molecular weight is 477 g/mol. The zero-order valence-electron chi connectivity index (χ0n) is 18.3. The van der Waals surface area contributed by atoms with Crippen LogP contribution in [0.4, 0.5) is 10.5 Å². The lowest BCUT2D eigenvalue weighted by Crippen LogP contribution is -2.40. The molecule has 0 aliphatic carbocycles. The molecule has 1 unspecified atom stereocenters. The number of aromatic nitrogens is 1. The van der Waals surface area contributed by atoms with Gasteiger partial charge in [-0.05, 0) is 30.2 Å². The van der Waals surface area contributed by atoms with Gasteiger partial charge in [-0.25, -0.2) is 9.78 Å². The van der Waals surface area contributed by atoms with Crippen LogP contribution in [0.1, 0.15) is 22.7 Å². The normalized spacial score (nSPS) is 19.4. The number of likely N-dealkylation sites (N-methyl/N-ethyl adjacent to an activating group) is 1. The number of ether oxygens (including phenoxy) is 1. The molecule has 1 spiro atoms. The molecule has 1 aromatic carbocycles. The van der Waals surface area contributed by atoms with Crippen molar-refractivity contribution in [1.82, 2.24) is 14.8 Å². The summed E-state index contributed by atoms with van der Waals surface area (Å²) in [6.45, 7) is 1.52. The van der Waals surface area contributed by atoms with E-state index in [-0.39, 0.29) is 36.2 Å². The fraction of sp³-hybridized carbons (Fsp3) is 0.455. The zero-order valence-corrected chi connectivity index (χ0v) is 19.8. The summed E-state index contributed by atoms with van der Waals surface area (Å²) in [6, 6.07) is 5.55. The molecule has 2 aliphatic heterocycles. The van der Waals surface area contributed by atoms with Gasteiger partial charge in [-0.15, -0.1) is 11.3 Å². The summed E-state index contributed by atoms with van der Waals surface area (Å²) < 4.78 is 4.89. The van der Waals surface area contributed by atoms with Crippen LogP contribution in [-0.4, -0.2) is 73.5 Å². The van der Waals surface area contributed by atoms with E-state index in [0.29, 0.717) is 35.4 Å². The first-order chi connectivity index (χ1) is 15.2. The van der Waals surface area contributed by atoms with Gasteiger partial charge in [0, 0.05) is 55.2 Å². The number of carbonyl (C=O) groups excluding carboxylic acids is 3. The van der Waals surface area contributed by atoms with E-state index in [1.807, 2.05) is 17.5 Å². The molecule has 170 valence electrons. The maximum absolute atomic E-state index is 13.3. The second-order valence-electron chi connectivity index (χ2n) is 8.44. The van der Waals surface area contributed by atoms with Crippen LogP contribution in [0.5, 0.6) is 0 Å². The van der Waals surface area contributed by atoms with Gasteiger partial charge in [0.1, 0.15) is 5.01 Å². The smallest absolute Gasteiger partial charge is 0.409 e. The Hall–Kier alpha value is -2.65. The Kier molecular flexibility index (Phi) is 6.13. The molecule has 0 N–H and O–H groups in total. The molecule has 0 saturated carbocycles. The maximum atomic E-state index is 13.3. The van der Waals surface area contributed by atoms with Gasteiger partial charge in [0.15, 0.2) is 0 Å². The number of thiazole rings is 1. The Balaban J connectivity index is 1.53. The summed E-state index contributed by atoms with van der Waals surface area (Å²) in [5, 5.41) is 3.11. The van der Waals surface area contributed by atoms with Crippen LogP contribution in [0.3, 0.4) is 0 Å². The molecular weight excluding hydrogens is 452 g/mol. The molecule has 2 aromatic rings. The molecule has 1 atom stereocenters. The first-order valence-corrected chi connectivity index (χ1v) is 11.5. The fourth-order valence-corrected chi connectivity index (χ4v) is 5.38. The lowest BCUT2D eigenvalue weighted by atomic mass is 9.81. The first-order valence-electron chi connectivity index (χ1n) is 10.3. The molecule has 4 rings (SSSR count). The highest BCUT2D eigenvalue weighted by Gasteiger charge is 2.50. The first kappa shape index (κ1) is 22.5. The van der Waals surface area contributed by atoms with E-state index in [0.717, 1.165) is 17.7 Å². The Morgan fingerprint density at radius 3 is 2.75 bits per heavy atom. The predicted molar refractivity (Wildman–Crippen MR) is 122 cm³/mol. The van der Waals surface area contributed by atoms with Gasteiger partial charge >= 0.3 is 6.09 Å². The SMILES string of the molecule is COC(=O)N1CCC2(C1)CN(C(=O)Cc1nc(CC(=O)N(C)C)cs1)c1ccc(Cl)cc12. The molecule has 10 heteroatoms. The quantitative estimate of drug-likeness (QED) is 0.677. The number of benzene rings is 1. The van der Waals surface area contributed by atoms with Gasteiger partial charge in [-0.3, -0.25) is 9.59 Å². The molecule has 1 aromatic heterocycles. The highest BCUT2D eigenvalue weighted by atomic mass is 35.5. The van der Waals surface area contributed by atoms with Crippen molar-refractivity contribution in [3.05, 3.63) is 44.9 Å². The monoisotopic (exact) mass is 476 g/mol. The van der Waals surface area contributed by atoms with E-state index >= 15 is 0 Å². The van der Waals surface area contributed by atoms with E-state index in [1.54, 1.807) is 30.0 Å². The van der Waals surface area contributed by atoms with Crippen molar-refractivity contribution in [1.29, 1.82) is 0 Å². The Morgan fingerprint density at radius 2 is 2.03 bits per heavy atom. The van der Waals surface area contributed by atoms with E-state index in [4.69, 9.17) is 16.3 Å². The van der Waals surface area contributed by atoms with E-state index in [2.05, 4.69) is 4.98 Å². The summed E-state index contributed by atoms with van der Waals surface area (Å²) in [5.41, 5.74) is 2.12. The third kappa shape index (κ3) is 4.19. The zero-order chi connectivity index (χ0) is 23.0. The number of hydrogen-bond donors (Lipinski definition) is 0. The number of nitrogens with zero attached hydrogens (tertiary/aromatic N) is 4. The molecule has 1 fully saturated rings. The van der Waals surface area contributed by atoms with Crippen molar-refractivity contribution in [2.45, 2.75) is 24.7 Å². The Morgan fingerprint density at radius 1 is 1.25 bits per heavy atom. The van der Waals surface area contributed by atoms with E-state index in [1.165, 1.54) is 23.3 Å². The number of anilines is 1. The molecule has 32 heavy (non-hydrogen) atoms. The van der Waals surface area contributed by atoms with Gasteiger partial charge in [-0.2, -0.15) is 0 Å². The van der Waals surface area contributed by atoms with Crippen LogP contribution in [0.2, 0.25) is 5.02 Å².